The number of hydrogen-bond acceptors (Lipinski definition) is 2. The number of hydrogen-bond donors (Lipinski definition) is 1. The van der Waals surface area contributed by atoms with E-state index in [4.69, 9.17) is 10.5 Å². The molecule has 2 nitrogen and oxygen atoms in total. The molecule has 5 heteroatoms. The number of benzene rings is 2. The van der Waals surface area contributed by atoms with Crippen LogP contribution >= 0.6 is 15.9 Å². The monoisotopic (exact) mass is 355 g/mol. The standard InChI is InChI=1S/C16H16BrF2NO/c1-2-12(20)7-10-3-5-13(9-14(10)17)21-16-8-11(18)4-6-15(16)19/h3-6,8-9,12H,2,7,20H2,1H3. The molecule has 0 fully saturated rings. The van der Waals surface area contributed by atoms with E-state index in [1.165, 1.54) is 0 Å². The summed E-state index contributed by atoms with van der Waals surface area (Å²) in [6.45, 7) is 2.03. The minimum atomic E-state index is -0.607. The second kappa shape index (κ2) is 7.00. The van der Waals surface area contributed by atoms with Crippen LogP contribution < -0.4 is 10.5 Å². The maximum atomic E-state index is 13.5. The molecule has 0 heterocycles. The molecule has 0 saturated carbocycles. The van der Waals surface area contributed by atoms with Gasteiger partial charge in [0.15, 0.2) is 11.6 Å². The lowest BCUT2D eigenvalue weighted by molar-refractivity contribution is 0.436. The third kappa shape index (κ3) is 4.25. The number of rotatable bonds is 5. The Labute approximate surface area is 131 Å². The molecule has 21 heavy (non-hydrogen) atoms. The van der Waals surface area contributed by atoms with Gasteiger partial charge in [0, 0.05) is 16.6 Å². The molecule has 0 radical (unpaired) electrons. The van der Waals surface area contributed by atoms with Crippen molar-refractivity contribution in [1.29, 1.82) is 0 Å². The molecule has 2 aromatic rings. The van der Waals surface area contributed by atoms with Gasteiger partial charge in [0.2, 0.25) is 0 Å². The molecular weight excluding hydrogens is 340 g/mol. The van der Waals surface area contributed by atoms with Crippen LogP contribution in [0.5, 0.6) is 11.5 Å². The van der Waals surface area contributed by atoms with E-state index in [9.17, 15) is 8.78 Å². The van der Waals surface area contributed by atoms with Gasteiger partial charge in [-0.15, -0.1) is 0 Å². The highest BCUT2D eigenvalue weighted by atomic mass is 79.9. The van der Waals surface area contributed by atoms with Crippen LogP contribution in [0, 0.1) is 11.6 Å². The molecule has 0 aliphatic rings. The Hall–Kier alpha value is -1.46. The predicted octanol–water partition coefficient (Wildman–Crippen LogP) is 4.80. The van der Waals surface area contributed by atoms with Crippen molar-refractivity contribution in [2.45, 2.75) is 25.8 Å². The van der Waals surface area contributed by atoms with E-state index in [1.807, 2.05) is 13.0 Å². The third-order valence-corrected chi connectivity index (χ3v) is 3.89. The lowest BCUT2D eigenvalue weighted by Crippen LogP contribution is -2.21. The van der Waals surface area contributed by atoms with Gasteiger partial charge in [0.25, 0.3) is 0 Å². The van der Waals surface area contributed by atoms with Gasteiger partial charge in [0.05, 0.1) is 0 Å². The Balaban J connectivity index is 2.18. The molecule has 2 aromatic carbocycles. The summed E-state index contributed by atoms with van der Waals surface area (Å²) in [6.07, 6.45) is 1.63. The zero-order valence-electron chi connectivity index (χ0n) is 11.6. The minimum absolute atomic E-state index is 0.0914. The Bertz CT molecular complexity index is 634. The average molecular weight is 356 g/mol. The molecule has 1 atom stereocenters. The van der Waals surface area contributed by atoms with Gasteiger partial charge in [-0.2, -0.15) is 0 Å². The Morgan fingerprint density at radius 1 is 1.19 bits per heavy atom. The van der Waals surface area contributed by atoms with Crippen LogP contribution in [0.3, 0.4) is 0 Å². The Morgan fingerprint density at radius 3 is 2.62 bits per heavy atom. The van der Waals surface area contributed by atoms with Crippen LogP contribution in [0.25, 0.3) is 0 Å². The van der Waals surface area contributed by atoms with Crippen LogP contribution in [-0.2, 0) is 6.42 Å². The van der Waals surface area contributed by atoms with E-state index < -0.39 is 11.6 Å². The van der Waals surface area contributed by atoms with Crippen molar-refractivity contribution in [2.24, 2.45) is 5.73 Å². The maximum absolute atomic E-state index is 13.5. The molecule has 0 aliphatic carbocycles. The van der Waals surface area contributed by atoms with Gasteiger partial charge in [-0.25, -0.2) is 8.78 Å². The summed E-state index contributed by atoms with van der Waals surface area (Å²) in [4.78, 5) is 0. The molecule has 0 spiro atoms. The quantitative estimate of drug-likeness (QED) is 0.835. The van der Waals surface area contributed by atoms with E-state index in [0.717, 1.165) is 41.1 Å². The second-order valence-electron chi connectivity index (χ2n) is 4.80. The Morgan fingerprint density at radius 2 is 1.95 bits per heavy atom. The molecule has 0 aromatic heterocycles. The maximum Gasteiger partial charge on any atom is 0.165 e. The summed E-state index contributed by atoms with van der Waals surface area (Å²) < 4.78 is 32.9. The number of halogens is 3. The van der Waals surface area contributed by atoms with E-state index in [2.05, 4.69) is 15.9 Å². The van der Waals surface area contributed by atoms with Crippen molar-refractivity contribution in [1.82, 2.24) is 0 Å². The molecule has 0 amide bonds. The van der Waals surface area contributed by atoms with Gasteiger partial charge in [0.1, 0.15) is 11.6 Å². The van der Waals surface area contributed by atoms with Crippen molar-refractivity contribution < 1.29 is 13.5 Å². The summed E-state index contributed by atoms with van der Waals surface area (Å²) in [5.41, 5.74) is 6.98. The van der Waals surface area contributed by atoms with Crippen molar-refractivity contribution in [3.63, 3.8) is 0 Å². The molecule has 2 N–H and O–H groups in total. The van der Waals surface area contributed by atoms with E-state index >= 15 is 0 Å². The predicted molar refractivity (Wildman–Crippen MR) is 82.5 cm³/mol. The smallest absolute Gasteiger partial charge is 0.165 e. The molecule has 0 aliphatic heterocycles. The van der Waals surface area contributed by atoms with E-state index in [1.54, 1.807) is 12.1 Å². The van der Waals surface area contributed by atoms with Crippen LogP contribution in [0.2, 0.25) is 0 Å². The average Bonchev–Trinajstić information content (AvgIpc) is 2.45. The highest BCUT2D eigenvalue weighted by molar-refractivity contribution is 9.10. The largest absolute Gasteiger partial charge is 0.454 e. The highest BCUT2D eigenvalue weighted by Gasteiger charge is 2.10. The first-order valence-corrected chi connectivity index (χ1v) is 7.45. The summed E-state index contributed by atoms with van der Waals surface area (Å²) in [5.74, 6) is -0.860. The first kappa shape index (κ1) is 15.9. The third-order valence-electron chi connectivity index (χ3n) is 3.15. The van der Waals surface area contributed by atoms with Gasteiger partial charge in [-0.05, 0) is 42.7 Å². The highest BCUT2D eigenvalue weighted by Crippen LogP contribution is 2.29. The first-order valence-electron chi connectivity index (χ1n) is 6.66. The lowest BCUT2D eigenvalue weighted by Gasteiger charge is -2.12. The molecule has 1 unspecified atom stereocenters. The minimum Gasteiger partial charge on any atom is -0.454 e. The topological polar surface area (TPSA) is 35.2 Å². The zero-order chi connectivity index (χ0) is 15.4. The van der Waals surface area contributed by atoms with Crippen LogP contribution in [0.15, 0.2) is 40.9 Å². The molecule has 0 bridgehead atoms. The first-order chi connectivity index (χ1) is 9.99. The summed E-state index contributed by atoms with van der Waals surface area (Å²) >= 11 is 3.45. The fraction of sp³-hybridized carbons (Fsp3) is 0.250. The number of nitrogens with two attached hydrogens (primary N) is 1. The molecular formula is C16H16BrF2NO. The van der Waals surface area contributed by atoms with Crippen LogP contribution in [0.4, 0.5) is 8.78 Å². The molecule has 112 valence electrons. The van der Waals surface area contributed by atoms with E-state index in [0.29, 0.717) is 5.75 Å². The molecule has 0 saturated heterocycles. The number of ether oxygens (including phenoxy) is 1. The van der Waals surface area contributed by atoms with Gasteiger partial charge in [-0.1, -0.05) is 28.9 Å². The van der Waals surface area contributed by atoms with Gasteiger partial charge >= 0.3 is 0 Å². The van der Waals surface area contributed by atoms with Crippen molar-refractivity contribution in [3.05, 3.63) is 58.1 Å². The fourth-order valence-corrected chi connectivity index (χ4v) is 2.39. The van der Waals surface area contributed by atoms with Crippen LogP contribution in [-0.4, -0.2) is 6.04 Å². The molecule has 2 rings (SSSR count). The summed E-state index contributed by atoms with van der Waals surface area (Å²) in [5, 5.41) is 0. The van der Waals surface area contributed by atoms with Gasteiger partial charge < -0.3 is 10.5 Å². The summed E-state index contributed by atoms with van der Waals surface area (Å²) in [6, 6.07) is 8.50. The van der Waals surface area contributed by atoms with Crippen molar-refractivity contribution in [2.75, 3.05) is 0 Å². The fourth-order valence-electron chi connectivity index (χ4n) is 1.87. The Kier molecular flexibility index (Phi) is 5.31. The van der Waals surface area contributed by atoms with E-state index in [-0.39, 0.29) is 11.8 Å². The second-order valence-corrected chi connectivity index (χ2v) is 5.66. The SMILES string of the molecule is CCC(N)Cc1ccc(Oc2cc(F)ccc2F)cc1Br. The zero-order valence-corrected chi connectivity index (χ0v) is 13.2. The normalized spacial score (nSPS) is 12.2. The lowest BCUT2D eigenvalue weighted by atomic mass is 10.0. The van der Waals surface area contributed by atoms with Crippen LogP contribution in [0.1, 0.15) is 18.9 Å². The van der Waals surface area contributed by atoms with Gasteiger partial charge in [-0.3, -0.25) is 0 Å². The van der Waals surface area contributed by atoms with Crippen molar-refractivity contribution >= 4 is 15.9 Å². The summed E-state index contributed by atoms with van der Waals surface area (Å²) in [7, 11) is 0. The van der Waals surface area contributed by atoms with Crippen molar-refractivity contribution in [3.8, 4) is 11.5 Å².